The first-order valence-electron chi connectivity index (χ1n) is 56.6. The zero-order chi connectivity index (χ0) is 101. The lowest BCUT2D eigenvalue weighted by atomic mass is 9.88. The number of carbonyl (C=O) groups is 2. The Bertz CT molecular complexity index is 4040. The molecule has 10 saturated heterocycles. The van der Waals surface area contributed by atoms with E-state index in [0.29, 0.717) is 91.3 Å². The van der Waals surface area contributed by atoms with Crippen LogP contribution in [-0.4, -0.2) is 327 Å². The molecule has 11 aliphatic heterocycles. The van der Waals surface area contributed by atoms with Gasteiger partial charge in [0.1, 0.15) is 18.5 Å². The third-order valence-electron chi connectivity index (χ3n) is 32.5. The number of rotatable bonds is 25. The zero-order valence-electron chi connectivity index (χ0n) is 93.7. The number of ketones is 1. The first-order chi connectivity index (χ1) is 66.9. The minimum Gasteiger partial charge on any atom is -0.489 e. The van der Waals surface area contributed by atoms with Gasteiger partial charge in [-0.2, -0.15) is 0 Å². The number of β-amino-alcohol motifs (C(OH)–C–C–N with tert-alkyl or cyclic N) is 1. The maximum absolute atomic E-state index is 12.3. The molecule has 1 aliphatic carbocycles. The number of aliphatic hydroxyl groups is 1. The van der Waals surface area contributed by atoms with Crippen LogP contribution in [0.1, 0.15) is 336 Å². The molecule has 5 aromatic rings. The number of piperidine rings is 9. The number of hydrogen-bond acceptors (Lipinski definition) is 18. The summed E-state index contributed by atoms with van der Waals surface area (Å²) >= 11 is 1.94. The topological polar surface area (TPSA) is 121 Å². The third-order valence-corrected chi connectivity index (χ3v) is 33.7. The third kappa shape index (κ3) is 43.9. The van der Waals surface area contributed by atoms with Crippen molar-refractivity contribution in [3.63, 3.8) is 0 Å². The van der Waals surface area contributed by atoms with Gasteiger partial charge in [0.25, 0.3) is 0 Å². The van der Waals surface area contributed by atoms with Crippen LogP contribution in [0.4, 0.5) is 5.69 Å². The Hall–Kier alpha value is -5.04. The van der Waals surface area contributed by atoms with Gasteiger partial charge in [-0.05, 0) is 449 Å². The fourth-order valence-electron chi connectivity index (χ4n) is 22.6. The summed E-state index contributed by atoms with van der Waals surface area (Å²) < 4.78 is 17.0. The fraction of sp³-hybridized carbons (Fsp3) is 0.756. The summed E-state index contributed by atoms with van der Waals surface area (Å²) in [7, 11) is 6.18. The molecule has 19 heteroatoms. The van der Waals surface area contributed by atoms with E-state index in [9.17, 15) is 14.7 Å². The number of benzene rings is 4. The Morgan fingerprint density at radius 1 is 0.415 bits per heavy atom. The lowest BCUT2D eigenvalue weighted by Crippen LogP contribution is -2.48. The second-order valence-corrected chi connectivity index (χ2v) is 47.7. The number of nitrogens with zero attached hydrogens (tertiary/aromatic N) is 12. The van der Waals surface area contributed by atoms with Crippen LogP contribution in [0, 0.1) is 45.4 Å². The molecule has 5 atom stereocenters. The summed E-state index contributed by atoms with van der Waals surface area (Å²) in [6.07, 6.45) is 29.5. The SMILES string of the molecule is C.C.CC(C)N1CCC(N(C)C)CC1.CC(C)N1CCC(N2C(=O)Cc3ccccc32)CC1.CC(C)N1CCC(N2CCC(O)C2)CC1.CC(C)N1CCC(OCC(=O)CC2CC2)CC1.COCC1CCCN(C(C)C)C1.Cc1ccc(C2CCN(C(C)C)CC2)cc1.Cc1ccc(CC2CCCN(C(C)C)C2)cc1.Cc1ccc(OC2CCCN(C(C)C)C2)cc1.Cc1csc(C2CCCN(C(C)C)C2)c1. The molecule has 4 aromatic carbocycles. The Morgan fingerprint density at radius 2 is 0.852 bits per heavy atom. The van der Waals surface area contributed by atoms with Crippen molar-refractivity contribution in [1.82, 2.24) is 53.9 Å². The van der Waals surface area contributed by atoms with E-state index >= 15 is 0 Å². The van der Waals surface area contributed by atoms with Crippen LogP contribution < -0.4 is 9.64 Å². The van der Waals surface area contributed by atoms with Crippen molar-refractivity contribution in [1.29, 1.82) is 0 Å². The molecular weight excluding hydrogens is 1770 g/mol. The fourth-order valence-corrected chi connectivity index (χ4v) is 23.7. The van der Waals surface area contributed by atoms with Crippen LogP contribution in [0.2, 0.25) is 0 Å². The number of aliphatic hydroxyl groups excluding tert-OH is 1. The number of aryl methyl sites for hydroxylation is 4. The predicted molar refractivity (Wildman–Crippen MR) is 609 cm³/mol. The van der Waals surface area contributed by atoms with Crippen molar-refractivity contribution in [2.45, 2.75) is 424 Å². The minimum atomic E-state index is -0.0619. The lowest BCUT2D eigenvalue weighted by molar-refractivity contribution is -0.127. The molecule has 12 aliphatic rings. The quantitative estimate of drug-likeness (QED) is 0.0596. The normalized spacial score (nSPS) is 23.0. The molecule has 1 saturated carbocycles. The van der Waals surface area contributed by atoms with E-state index in [2.05, 4.69) is 322 Å². The van der Waals surface area contributed by atoms with Crippen molar-refractivity contribution in [3.05, 3.63) is 152 Å². The molecule has 11 fully saturated rings. The molecule has 18 nitrogen and oxygen atoms in total. The summed E-state index contributed by atoms with van der Waals surface area (Å²) in [5.74, 6) is 5.48. The second-order valence-electron chi connectivity index (χ2n) is 46.8. The average Bonchev–Trinajstić information content (AvgIpc) is 1.64. The molecule has 0 bridgehead atoms. The molecular formula is C123H214N12O6S. The predicted octanol–water partition coefficient (Wildman–Crippen LogP) is 24.2. The molecule has 5 unspecified atom stereocenters. The van der Waals surface area contributed by atoms with E-state index in [-0.39, 0.29) is 26.9 Å². The molecule has 17 rings (SSSR count). The number of carbonyl (C=O) groups excluding carboxylic acids is 2. The summed E-state index contributed by atoms with van der Waals surface area (Å²) in [5, 5.41) is 11.8. The van der Waals surface area contributed by atoms with Gasteiger partial charge in [0, 0.05) is 168 Å². The molecule has 0 radical (unpaired) electrons. The van der Waals surface area contributed by atoms with Crippen LogP contribution in [0.25, 0.3) is 0 Å². The van der Waals surface area contributed by atoms with Gasteiger partial charge in [0.2, 0.25) is 5.91 Å². The van der Waals surface area contributed by atoms with Gasteiger partial charge >= 0.3 is 0 Å². The molecule has 12 heterocycles. The van der Waals surface area contributed by atoms with Gasteiger partial charge in [-0.1, -0.05) is 110 Å². The van der Waals surface area contributed by atoms with Gasteiger partial charge in [-0.3, -0.25) is 19.4 Å². The van der Waals surface area contributed by atoms with Crippen molar-refractivity contribution in [3.8, 4) is 5.75 Å². The van der Waals surface area contributed by atoms with Crippen LogP contribution in [0.15, 0.2) is 109 Å². The van der Waals surface area contributed by atoms with Crippen LogP contribution >= 0.6 is 11.3 Å². The van der Waals surface area contributed by atoms with E-state index < -0.39 is 0 Å². The summed E-state index contributed by atoms with van der Waals surface area (Å²) in [4.78, 5) is 55.3. The standard InChI is InChI=1S/C16H22N2O.C16H25N.C15H23NO.C15H23N.C14H25NO2.C13H21NS.C12H24N2O.C10H22N2.C10H21NO.2CH4/c1-12(2)17-9-7-14(8-10-17)18-15-6-4-3-5-13(15)11-16(18)19;1-13(2)17-10-4-5-16(12-17)11-15-8-6-14(3)7-9-15;1-12(2)16-10-4-5-15(11-16)17-14-8-6-13(3)7-9-14;1-12(2)16-10-8-15(9-11-16)14-6-4-13(3)5-7-14;1-11(2)15-7-5-14(6-8-15)17-10-13(16)9-12-3-4-12;1-10(2)14-6-4-5-12(8-14)13-7-11(3)9-15-13;1-10(2)13-6-3-11(4-7-13)14-8-5-12(15)9-14;1-9(2)12-7-5-10(6-8-12)11(3)4;1-9(2)11-6-4-5-10(7-11)8-12-3;;/h3-6,12,14H,7-11H2,1-2H3;6-9,13,16H,4-5,10-12H2,1-3H3;6-9,12,15H,4-5,10-11H2,1-3H3;4-7,12,15H,8-11H2,1-3H3;11-12,14H,3-10H2,1-2H3;7,9-10,12H,4-6,8H2,1-3H3;10-12,15H,3-9H2,1-2H3;9-10H,5-8H2,1-4H3;9-10H,4-8H2,1-3H3;2*1H4. The molecule has 1 N–H and O–H groups in total. The van der Waals surface area contributed by atoms with Gasteiger partial charge in [0.15, 0.2) is 5.78 Å². The van der Waals surface area contributed by atoms with Crippen LogP contribution in [0.5, 0.6) is 5.75 Å². The molecule has 1 amide bonds. The summed E-state index contributed by atoms with van der Waals surface area (Å²) in [5.41, 5.74) is 10.8. The van der Waals surface area contributed by atoms with Crippen LogP contribution in [0.3, 0.4) is 0 Å². The smallest absolute Gasteiger partial charge is 0.231 e. The van der Waals surface area contributed by atoms with E-state index in [0.717, 1.165) is 144 Å². The highest BCUT2D eigenvalue weighted by Gasteiger charge is 2.37. The number of methoxy groups -OCH3 is 1. The van der Waals surface area contributed by atoms with E-state index in [1.165, 1.54) is 233 Å². The summed E-state index contributed by atoms with van der Waals surface area (Å²) in [6, 6.07) is 45.2. The number of ether oxygens (including phenoxy) is 3. The number of hydrogen-bond donors (Lipinski definition) is 1. The molecule has 142 heavy (non-hydrogen) atoms. The Kier molecular flexibility index (Phi) is 56.8. The van der Waals surface area contributed by atoms with Crippen molar-refractivity contribution >= 4 is 28.7 Å². The highest BCUT2D eigenvalue weighted by atomic mass is 32.1. The Morgan fingerprint density at radius 3 is 1.32 bits per heavy atom. The van der Waals surface area contributed by atoms with Gasteiger partial charge in [-0.15, -0.1) is 11.3 Å². The summed E-state index contributed by atoms with van der Waals surface area (Å²) in [6.45, 7) is 74.8. The molecule has 808 valence electrons. The number of likely N-dealkylation sites (tertiary alicyclic amines) is 10. The monoisotopic (exact) mass is 1990 g/mol. The number of para-hydroxylation sites is 1. The van der Waals surface area contributed by atoms with E-state index in [4.69, 9.17) is 14.2 Å². The van der Waals surface area contributed by atoms with Crippen molar-refractivity contribution < 1.29 is 28.9 Å². The van der Waals surface area contributed by atoms with Crippen LogP contribution in [-0.2, 0) is 31.9 Å². The average molecular weight is 1990 g/mol. The Labute approximate surface area is 876 Å². The number of Topliss-reactive ketones (excluding diaryl/α,β-unsaturated/α-hetero) is 1. The number of thiophene rings is 1. The van der Waals surface area contributed by atoms with Gasteiger partial charge < -0.3 is 68.3 Å². The van der Waals surface area contributed by atoms with Gasteiger partial charge in [0.05, 0.1) is 25.2 Å². The largest absolute Gasteiger partial charge is 0.489 e. The first-order valence-corrected chi connectivity index (χ1v) is 57.5. The molecule has 1 aromatic heterocycles. The first kappa shape index (κ1) is 124. The second kappa shape index (κ2) is 65.2. The highest BCUT2D eigenvalue weighted by molar-refractivity contribution is 7.10. The van der Waals surface area contributed by atoms with Crippen molar-refractivity contribution in [2.75, 3.05) is 170 Å². The lowest BCUT2D eigenvalue weighted by Gasteiger charge is -2.38. The minimum absolute atomic E-state index is 0. The number of fused-ring (bicyclic) bond motifs is 1. The molecule has 0 spiro atoms. The van der Waals surface area contributed by atoms with E-state index in [1.54, 1.807) is 12.0 Å². The number of anilines is 1. The maximum Gasteiger partial charge on any atom is 0.231 e. The maximum atomic E-state index is 12.3. The van der Waals surface area contributed by atoms with Crippen molar-refractivity contribution in [2.24, 2.45) is 17.8 Å². The highest BCUT2D eigenvalue weighted by Crippen LogP contribution is 2.38. The Balaban J connectivity index is 0.000000217. The van der Waals surface area contributed by atoms with Gasteiger partial charge in [-0.25, -0.2) is 0 Å². The number of amides is 1. The zero-order valence-corrected chi connectivity index (χ0v) is 94.5. The van der Waals surface area contributed by atoms with E-state index in [1.807, 2.05) is 23.5 Å².